The molecule has 6 nitrogen and oxygen atoms in total. The molecule has 1 aromatic heterocycles. The van der Waals surface area contributed by atoms with Gasteiger partial charge in [-0.3, -0.25) is 14.3 Å². The van der Waals surface area contributed by atoms with E-state index in [1.54, 1.807) is 7.11 Å². The van der Waals surface area contributed by atoms with E-state index in [1.165, 1.54) is 0 Å². The summed E-state index contributed by atoms with van der Waals surface area (Å²) in [6.45, 7) is 0.360. The van der Waals surface area contributed by atoms with Gasteiger partial charge >= 0.3 is 0 Å². The van der Waals surface area contributed by atoms with E-state index in [9.17, 15) is 9.18 Å². The first-order valence-corrected chi connectivity index (χ1v) is 10.6. The van der Waals surface area contributed by atoms with Gasteiger partial charge in [-0.15, -0.1) is 0 Å². The zero-order valence-corrected chi connectivity index (χ0v) is 17.4. The van der Waals surface area contributed by atoms with E-state index in [0.717, 1.165) is 29.7 Å². The number of H-pyrrole nitrogens is 1. The van der Waals surface area contributed by atoms with E-state index < -0.39 is 12.1 Å². The average Bonchev–Trinajstić information content (AvgIpc) is 3.29. The van der Waals surface area contributed by atoms with Crippen LogP contribution in [0.4, 0.5) is 4.39 Å². The Kier molecular flexibility index (Phi) is 4.96. The molecule has 0 radical (unpaired) electrons. The van der Waals surface area contributed by atoms with Crippen molar-refractivity contribution in [1.82, 2.24) is 20.1 Å². The normalized spacial score (nSPS) is 21.8. The van der Waals surface area contributed by atoms with Crippen LogP contribution in [0, 0.1) is 5.92 Å². The number of aromatic amines is 1. The van der Waals surface area contributed by atoms with Crippen LogP contribution in [0.1, 0.15) is 30.1 Å². The lowest BCUT2D eigenvalue weighted by Crippen LogP contribution is -2.38. The van der Waals surface area contributed by atoms with Crippen molar-refractivity contribution < 1.29 is 13.9 Å². The number of rotatable bonds is 6. The summed E-state index contributed by atoms with van der Waals surface area (Å²) in [5.41, 5.74) is 1.42. The number of methoxy groups -OCH3 is 1. The molecule has 3 aromatic rings. The highest BCUT2D eigenvalue weighted by Crippen LogP contribution is 2.51. The molecule has 0 unspecified atom stereocenters. The number of alkyl halides is 1. The van der Waals surface area contributed by atoms with Crippen molar-refractivity contribution >= 4 is 5.91 Å². The van der Waals surface area contributed by atoms with Crippen molar-refractivity contribution in [3.8, 4) is 17.1 Å². The topological polar surface area (TPSA) is 71.1 Å². The summed E-state index contributed by atoms with van der Waals surface area (Å²) in [5.74, 6) is 1.62. The molecule has 7 heteroatoms. The van der Waals surface area contributed by atoms with Crippen LogP contribution >= 0.6 is 0 Å². The van der Waals surface area contributed by atoms with Crippen molar-refractivity contribution in [1.29, 1.82) is 0 Å². The highest BCUT2D eigenvalue weighted by atomic mass is 19.1. The van der Waals surface area contributed by atoms with Crippen LogP contribution in [-0.4, -0.2) is 52.9 Å². The first kappa shape index (κ1) is 19.7. The number of hydrogen-bond acceptors (Lipinski definition) is 4. The third-order valence-corrected chi connectivity index (χ3v) is 6.61. The zero-order chi connectivity index (χ0) is 21.4. The number of aromatic nitrogens is 3. The molecule has 1 saturated heterocycles. The van der Waals surface area contributed by atoms with Gasteiger partial charge < -0.3 is 9.64 Å². The SMILES string of the molecule is COc1ccc(C2(C(=O)N3C[C@@H](CF)[C@H](c4nc(-c5ccccc5)n[nH]4)C3)CC2)cc1. The number of likely N-dealkylation sites (tertiary alicyclic amines) is 1. The Hall–Kier alpha value is -3.22. The molecule has 1 aliphatic carbocycles. The van der Waals surface area contributed by atoms with Crippen molar-refractivity contribution in [2.24, 2.45) is 5.92 Å². The molecule has 0 spiro atoms. The minimum Gasteiger partial charge on any atom is -0.497 e. The van der Waals surface area contributed by atoms with Crippen molar-refractivity contribution in [3.05, 3.63) is 66.0 Å². The van der Waals surface area contributed by atoms with Crippen LogP contribution in [0.3, 0.4) is 0 Å². The van der Waals surface area contributed by atoms with E-state index in [0.29, 0.717) is 24.7 Å². The Bertz CT molecular complexity index is 1060. The second-order valence-electron chi connectivity index (χ2n) is 8.45. The number of amides is 1. The van der Waals surface area contributed by atoms with Gasteiger partial charge in [0.15, 0.2) is 5.82 Å². The predicted octanol–water partition coefficient (Wildman–Crippen LogP) is 3.72. The molecule has 1 saturated carbocycles. The molecule has 0 bridgehead atoms. The van der Waals surface area contributed by atoms with Gasteiger partial charge in [0, 0.05) is 30.5 Å². The van der Waals surface area contributed by atoms with Crippen LogP contribution in [0.25, 0.3) is 11.4 Å². The molecule has 1 amide bonds. The number of carbonyl (C=O) groups excluding carboxylic acids is 1. The fourth-order valence-electron chi connectivity index (χ4n) is 4.62. The molecule has 2 fully saturated rings. The lowest BCUT2D eigenvalue weighted by molar-refractivity contribution is -0.133. The summed E-state index contributed by atoms with van der Waals surface area (Å²) >= 11 is 0. The Balaban J connectivity index is 1.35. The third kappa shape index (κ3) is 3.48. The molecule has 160 valence electrons. The smallest absolute Gasteiger partial charge is 0.233 e. The number of hydrogen-bond donors (Lipinski definition) is 1. The molecule has 5 rings (SSSR count). The number of halogens is 1. The van der Waals surface area contributed by atoms with Gasteiger partial charge in [0.25, 0.3) is 0 Å². The van der Waals surface area contributed by atoms with E-state index in [4.69, 9.17) is 4.74 Å². The summed E-state index contributed by atoms with van der Waals surface area (Å²) in [6, 6.07) is 17.4. The van der Waals surface area contributed by atoms with E-state index in [1.807, 2.05) is 59.5 Å². The average molecular weight is 420 g/mol. The van der Waals surface area contributed by atoms with Crippen molar-refractivity contribution in [3.63, 3.8) is 0 Å². The number of carbonyl (C=O) groups is 1. The molecule has 2 aromatic carbocycles. The number of ether oxygens (including phenoxy) is 1. The summed E-state index contributed by atoms with van der Waals surface area (Å²) in [5, 5.41) is 7.31. The molecule has 2 heterocycles. The highest BCUT2D eigenvalue weighted by Gasteiger charge is 2.54. The molecule has 31 heavy (non-hydrogen) atoms. The van der Waals surface area contributed by atoms with Crippen molar-refractivity contribution in [2.75, 3.05) is 26.9 Å². The first-order chi connectivity index (χ1) is 15.1. The minimum absolute atomic E-state index is 0.0846. The van der Waals surface area contributed by atoms with Crippen LogP contribution in [0.5, 0.6) is 5.75 Å². The third-order valence-electron chi connectivity index (χ3n) is 6.61. The lowest BCUT2D eigenvalue weighted by Gasteiger charge is -2.23. The van der Waals surface area contributed by atoms with Crippen molar-refractivity contribution in [2.45, 2.75) is 24.2 Å². The van der Waals surface area contributed by atoms with Gasteiger partial charge in [-0.2, -0.15) is 5.10 Å². The summed E-state index contributed by atoms with van der Waals surface area (Å²) in [7, 11) is 1.63. The summed E-state index contributed by atoms with van der Waals surface area (Å²) in [6.07, 6.45) is 1.64. The molecule has 1 aliphatic heterocycles. The zero-order valence-electron chi connectivity index (χ0n) is 17.4. The number of nitrogens with one attached hydrogen (secondary N) is 1. The van der Waals surface area contributed by atoms with E-state index in [2.05, 4.69) is 15.2 Å². The largest absolute Gasteiger partial charge is 0.497 e. The quantitative estimate of drug-likeness (QED) is 0.660. The van der Waals surface area contributed by atoms with E-state index >= 15 is 0 Å². The Morgan fingerprint density at radius 3 is 2.55 bits per heavy atom. The molecule has 2 aliphatic rings. The Morgan fingerprint density at radius 2 is 1.90 bits per heavy atom. The summed E-state index contributed by atoms with van der Waals surface area (Å²) in [4.78, 5) is 19.9. The maximum Gasteiger partial charge on any atom is 0.233 e. The second-order valence-corrected chi connectivity index (χ2v) is 8.45. The minimum atomic E-state index is -0.495. The molecule has 2 atom stereocenters. The number of benzene rings is 2. The standard InChI is InChI=1S/C24H25FN4O2/c1-31-19-9-7-18(8-10-19)24(11-12-24)23(30)29-14-17(13-25)20(15-29)22-26-21(27-28-22)16-5-3-2-4-6-16/h2-10,17,20H,11-15H2,1H3,(H,26,27,28)/t17-,20-/m1/s1. The molecular formula is C24H25FN4O2. The van der Waals surface area contributed by atoms with Crippen LogP contribution < -0.4 is 4.74 Å². The van der Waals surface area contributed by atoms with Crippen LogP contribution in [0.2, 0.25) is 0 Å². The fraction of sp³-hybridized carbons (Fsp3) is 0.375. The van der Waals surface area contributed by atoms with E-state index in [-0.39, 0.29) is 17.7 Å². The lowest BCUT2D eigenvalue weighted by atomic mass is 9.94. The van der Waals surface area contributed by atoms with Gasteiger partial charge in [-0.25, -0.2) is 4.98 Å². The maximum absolute atomic E-state index is 13.9. The van der Waals surface area contributed by atoms with Gasteiger partial charge in [-0.05, 0) is 30.5 Å². The Labute approximate surface area is 180 Å². The Morgan fingerprint density at radius 1 is 1.16 bits per heavy atom. The molecule has 1 N–H and O–H groups in total. The number of nitrogens with zero attached hydrogens (tertiary/aromatic N) is 3. The van der Waals surface area contributed by atoms with Crippen LogP contribution in [-0.2, 0) is 10.2 Å². The fourth-order valence-corrected chi connectivity index (χ4v) is 4.62. The van der Waals surface area contributed by atoms with Gasteiger partial charge in [-0.1, -0.05) is 42.5 Å². The monoisotopic (exact) mass is 420 g/mol. The predicted molar refractivity (Wildman–Crippen MR) is 115 cm³/mol. The molecular weight excluding hydrogens is 395 g/mol. The first-order valence-electron chi connectivity index (χ1n) is 10.6. The van der Waals surface area contributed by atoms with Gasteiger partial charge in [0.2, 0.25) is 5.91 Å². The second kappa shape index (κ2) is 7.80. The maximum atomic E-state index is 13.9. The van der Waals surface area contributed by atoms with Crippen LogP contribution in [0.15, 0.2) is 54.6 Å². The summed E-state index contributed by atoms with van der Waals surface area (Å²) < 4.78 is 19.1. The van der Waals surface area contributed by atoms with Gasteiger partial charge in [0.05, 0.1) is 19.2 Å². The highest BCUT2D eigenvalue weighted by molar-refractivity contribution is 5.91. The van der Waals surface area contributed by atoms with Gasteiger partial charge in [0.1, 0.15) is 11.6 Å².